The van der Waals surface area contributed by atoms with Gasteiger partial charge >= 0.3 is 0 Å². The van der Waals surface area contributed by atoms with E-state index in [1.807, 2.05) is 18.2 Å². The molecule has 4 aromatic rings. The van der Waals surface area contributed by atoms with Gasteiger partial charge in [0.2, 0.25) is 0 Å². The number of rotatable bonds is 5. The second-order valence-corrected chi connectivity index (χ2v) is 8.84. The van der Waals surface area contributed by atoms with Crippen molar-refractivity contribution in [1.29, 1.82) is 0 Å². The Labute approximate surface area is 182 Å². The summed E-state index contributed by atoms with van der Waals surface area (Å²) in [6.07, 6.45) is 4.07. The molecule has 140 valence electrons. The van der Waals surface area contributed by atoms with Crippen LogP contribution in [0.1, 0.15) is 16.0 Å². The highest BCUT2D eigenvalue weighted by atomic mass is 79.9. The monoisotopic (exact) mass is 516 g/mol. The summed E-state index contributed by atoms with van der Waals surface area (Å²) < 4.78 is 1.19. The normalized spacial score (nSPS) is 11.4. The van der Waals surface area contributed by atoms with Crippen molar-refractivity contribution in [3.05, 3.63) is 79.8 Å². The molecule has 0 unspecified atom stereocenters. The highest BCUT2D eigenvalue weighted by Crippen LogP contribution is 2.33. The average Bonchev–Trinajstić information content (AvgIpc) is 3.10. The SMILES string of the molecule is Oc1c(Br)cc(C=NNc2ncnc3sc(Cc4ccccc4)cc23)cc1Br. The number of aromatic hydroxyl groups is 1. The fraction of sp³-hybridized carbons (Fsp3) is 0.0500. The van der Waals surface area contributed by atoms with E-state index >= 15 is 0 Å². The first-order chi connectivity index (χ1) is 13.6. The van der Waals surface area contributed by atoms with Gasteiger partial charge < -0.3 is 5.11 Å². The van der Waals surface area contributed by atoms with E-state index in [1.54, 1.807) is 29.7 Å². The van der Waals surface area contributed by atoms with Crippen molar-refractivity contribution in [1.82, 2.24) is 9.97 Å². The minimum Gasteiger partial charge on any atom is -0.506 e. The quantitative estimate of drug-likeness (QED) is 0.253. The van der Waals surface area contributed by atoms with Crippen LogP contribution < -0.4 is 5.43 Å². The van der Waals surface area contributed by atoms with Crippen LogP contribution in [0.3, 0.4) is 0 Å². The molecule has 5 nitrogen and oxygen atoms in total. The largest absolute Gasteiger partial charge is 0.506 e. The Morgan fingerprint density at radius 3 is 2.57 bits per heavy atom. The van der Waals surface area contributed by atoms with Crippen LogP contribution in [0.25, 0.3) is 10.2 Å². The van der Waals surface area contributed by atoms with Gasteiger partial charge in [0, 0.05) is 11.3 Å². The third-order valence-corrected chi connectivity index (χ3v) is 6.28. The molecular formula is C20H14Br2N4OS. The van der Waals surface area contributed by atoms with E-state index in [2.05, 4.69) is 70.6 Å². The lowest BCUT2D eigenvalue weighted by molar-refractivity contribution is 0.468. The van der Waals surface area contributed by atoms with E-state index in [0.717, 1.165) is 22.2 Å². The number of fused-ring (bicyclic) bond motifs is 1. The number of aromatic nitrogens is 2. The molecule has 0 amide bonds. The molecule has 2 aromatic carbocycles. The first kappa shape index (κ1) is 19.0. The third kappa shape index (κ3) is 4.24. The number of hydrogen-bond acceptors (Lipinski definition) is 6. The van der Waals surface area contributed by atoms with Crippen LogP contribution in [0.15, 0.2) is 68.9 Å². The Balaban J connectivity index is 1.55. The number of nitrogens with one attached hydrogen (secondary N) is 1. The molecule has 28 heavy (non-hydrogen) atoms. The number of anilines is 1. The molecule has 4 rings (SSSR count). The van der Waals surface area contributed by atoms with Crippen molar-refractivity contribution in [3.8, 4) is 5.75 Å². The zero-order chi connectivity index (χ0) is 19.5. The zero-order valence-corrected chi connectivity index (χ0v) is 18.4. The lowest BCUT2D eigenvalue weighted by atomic mass is 10.1. The number of thiophene rings is 1. The average molecular weight is 518 g/mol. The Morgan fingerprint density at radius 1 is 1.07 bits per heavy atom. The topological polar surface area (TPSA) is 70.4 Å². The summed E-state index contributed by atoms with van der Waals surface area (Å²) >= 11 is 8.29. The second-order valence-electron chi connectivity index (χ2n) is 6.02. The second kappa shape index (κ2) is 8.38. The maximum Gasteiger partial charge on any atom is 0.158 e. The number of hydrogen-bond donors (Lipinski definition) is 2. The maximum atomic E-state index is 9.79. The predicted molar refractivity (Wildman–Crippen MR) is 121 cm³/mol. The van der Waals surface area contributed by atoms with Gasteiger partial charge in [-0.3, -0.25) is 5.43 Å². The van der Waals surface area contributed by atoms with Crippen molar-refractivity contribution in [2.45, 2.75) is 6.42 Å². The van der Waals surface area contributed by atoms with Crippen LogP contribution in [-0.4, -0.2) is 21.3 Å². The van der Waals surface area contributed by atoms with Crippen LogP contribution in [0, 0.1) is 0 Å². The van der Waals surface area contributed by atoms with Crippen molar-refractivity contribution >= 4 is 65.4 Å². The van der Waals surface area contributed by atoms with Gasteiger partial charge in [-0.2, -0.15) is 5.10 Å². The fourth-order valence-corrected chi connectivity index (χ4v) is 4.96. The molecule has 0 saturated carbocycles. The molecule has 2 aromatic heterocycles. The first-order valence-electron chi connectivity index (χ1n) is 8.34. The van der Waals surface area contributed by atoms with Crippen molar-refractivity contribution in [3.63, 3.8) is 0 Å². The van der Waals surface area contributed by atoms with Crippen molar-refractivity contribution < 1.29 is 5.11 Å². The number of phenolic OH excluding ortho intramolecular Hbond substituents is 1. The molecular weight excluding hydrogens is 504 g/mol. The maximum absolute atomic E-state index is 9.79. The van der Waals surface area contributed by atoms with Gasteiger partial charge in [-0.05, 0) is 61.2 Å². The number of benzene rings is 2. The standard InChI is InChI=1S/C20H14Br2N4OS/c21-16-7-13(8-17(22)18(16)27)10-25-26-19-15-9-14(28-20(15)24-11-23-19)6-12-4-2-1-3-5-12/h1-5,7-11,27H,6H2,(H,23,24,26). The summed E-state index contributed by atoms with van der Waals surface area (Å²) in [5.41, 5.74) is 5.08. The van der Waals surface area contributed by atoms with Gasteiger partial charge in [0.05, 0.1) is 20.5 Å². The number of nitrogens with zero attached hydrogens (tertiary/aromatic N) is 3. The van der Waals surface area contributed by atoms with Crippen LogP contribution >= 0.6 is 43.2 Å². The summed E-state index contributed by atoms with van der Waals surface area (Å²) in [6, 6.07) is 16.0. The van der Waals surface area contributed by atoms with Gasteiger partial charge in [0.1, 0.15) is 16.9 Å². The third-order valence-electron chi connectivity index (χ3n) is 4.02. The zero-order valence-electron chi connectivity index (χ0n) is 14.4. The highest BCUT2D eigenvalue weighted by Gasteiger charge is 2.09. The smallest absolute Gasteiger partial charge is 0.158 e. The Hall–Kier alpha value is -2.29. The Kier molecular flexibility index (Phi) is 5.70. The number of hydrazone groups is 1. The molecule has 2 heterocycles. The Morgan fingerprint density at radius 2 is 1.82 bits per heavy atom. The summed E-state index contributed by atoms with van der Waals surface area (Å²) in [6.45, 7) is 0. The van der Waals surface area contributed by atoms with E-state index in [1.165, 1.54) is 16.8 Å². The minimum absolute atomic E-state index is 0.159. The Bertz CT molecular complexity index is 1140. The molecule has 0 aliphatic carbocycles. The summed E-state index contributed by atoms with van der Waals surface area (Å²) in [7, 11) is 0. The summed E-state index contributed by atoms with van der Waals surface area (Å²) in [5, 5.41) is 15.0. The van der Waals surface area contributed by atoms with Crippen LogP contribution in [0.4, 0.5) is 5.82 Å². The van der Waals surface area contributed by atoms with Gasteiger partial charge in [-0.15, -0.1) is 11.3 Å². The minimum atomic E-state index is 0.159. The van der Waals surface area contributed by atoms with Crippen molar-refractivity contribution in [2.75, 3.05) is 5.43 Å². The van der Waals surface area contributed by atoms with Gasteiger partial charge in [-0.1, -0.05) is 30.3 Å². The number of halogens is 2. The summed E-state index contributed by atoms with van der Waals surface area (Å²) in [4.78, 5) is 10.8. The molecule has 0 spiro atoms. The predicted octanol–water partition coefficient (Wildman–Crippen LogP) is 5.96. The molecule has 0 saturated heterocycles. The highest BCUT2D eigenvalue weighted by molar-refractivity contribution is 9.11. The van der Waals surface area contributed by atoms with E-state index in [4.69, 9.17) is 0 Å². The van der Waals surface area contributed by atoms with E-state index < -0.39 is 0 Å². The molecule has 8 heteroatoms. The first-order valence-corrected chi connectivity index (χ1v) is 10.7. The van der Waals surface area contributed by atoms with Crippen LogP contribution in [0.5, 0.6) is 5.75 Å². The lowest BCUT2D eigenvalue weighted by Gasteiger charge is -2.03. The van der Waals surface area contributed by atoms with E-state index in [9.17, 15) is 5.11 Å². The molecule has 2 N–H and O–H groups in total. The van der Waals surface area contributed by atoms with Gasteiger partial charge in [-0.25, -0.2) is 9.97 Å². The van der Waals surface area contributed by atoms with Gasteiger partial charge in [0.15, 0.2) is 5.82 Å². The molecule has 0 aliphatic heterocycles. The van der Waals surface area contributed by atoms with Crippen LogP contribution in [0.2, 0.25) is 0 Å². The van der Waals surface area contributed by atoms with Gasteiger partial charge in [0.25, 0.3) is 0 Å². The lowest BCUT2D eigenvalue weighted by Crippen LogP contribution is -1.94. The molecule has 0 radical (unpaired) electrons. The van der Waals surface area contributed by atoms with E-state index in [-0.39, 0.29) is 5.75 Å². The summed E-state index contributed by atoms with van der Waals surface area (Å²) in [5.74, 6) is 0.820. The van der Waals surface area contributed by atoms with E-state index in [0.29, 0.717) is 14.8 Å². The van der Waals surface area contributed by atoms with Crippen molar-refractivity contribution in [2.24, 2.45) is 5.10 Å². The molecule has 0 bridgehead atoms. The fourth-order valence-electron chi connectivity index (χ4n) is 2.71. The number of phenols is 1. The van der Waals surface area contributed by atoms with Crippen LogP contribution in [-0.2, 0) is 6.42 Å². The molecule has 0 fully saturated rings. The molecule has 0 aliphatic rings. The molecule has 0 atom stereocenters.